The van der Waals surface area contributed by atoms with Crippen molar-refractivity contribution in [3.05, 3.63) is 52.8 Å². The van der Waals surface area contributed by atoms with Crippen LogP contribution in [0.3, 0.4) is 0 Å². The number of rotatable bonds is 5. The summed E-state index contributed by atoms with van der Waals surface area (Å²) in [6.07, 6.45) is 0. The first kappa shape index (κ1) is 12.8. The smallest absolute Gasteiger partial charge is 0.151 e. The van der Waals surface area contributed by atoms with E-state index < -0.39 is 0 Å². The molecule has 5 heteroatoms. The monoisotopic (exact) mass is 264 g/mol. The molecule has 1 aromatic carbocycles. The molecule has 0 spiro atoms. The number of aromatic nitrogens is 2. The second-order valence-electron chi connectivity index (χ2n) is 3.72. The van der Waals surface area contributed by atoms with Gasteiger partial charge in [0, 0.05) is 7.11 Å². The summed E-state index contributed by atoms with van der Waals surface area (Å²) in [5.74, 6) is 0.779. The third-order valence-electron chi connectivity index (χ3n) is 2.28. The van der Waals surface area contributed by atoms with E-state index in [0.717, 1.165) is 17.0 Å². The lowest BCUT2D eigenvalue weighted by atomic mass is 10.2. The number of methoxy groups -OCH3 is 1. The zero-order chi connectivity index (χ0) is 12.8. The highest BCUT2D eigenvalue weighted by atomic mass is 35.5. The molecule has 0 radical (unpaired) electrons. The van der Waals surface area contributed by atoms with Gasteiger partial charge in [0.05, 0.1) is 6.61 Å². The third-order valence-corrected chi connectivity index (χ3v) is 2.48. The average Bonchev–Trinajstić information content (AvgIpc) is 2.39. The molecule has 1 heterocycles. The zero-order valence-electron chi connectivity index (χ0n) is 9.97. The van der Waals surface area contributed by atoms with Crippen LogP contribution < -0.4 is 4.74 Å². The highest BCUT2D eigenvalue weighted by Gasteiger charge is 2.00. The molecule has 0 fully saturated rings. The van der Waals surface area contributed by atoms with Crippen LogP contribution in [0.1, 0.15) is 11.3 Å². The van der Waals surface area contributed by atoms with E-state index in [4.69, 9.17) is 21.1 Å². The van der Waals surface area contributed by atoms with Crippen molar-refractivity contribution >= 4 is 11.6 Å². The van der Waals surface area contributed by atoms with Crippen molar-refractivity contribution in [3.8, 4) is 5.75 Å². The highest BCUT2D eigenvalue weighted by molar-refractivity contribution is 6.29. The molecule has 1 aromatic heterocycles. The Hall–Kier alpha value is -1.65. The van der Waals surface area contributed by atoms with Crippen LogP contribution in [-0.2, 0) is 18.0 Å². The number of hydrogen-bond acceptors (Lipinski definition) is 4. The van der Waals surface area contributed by atoms with E-state index in [1.54, 1.807) is 19.2 Å². The Kier molecular flexibility index (Phi) is 4.50. The zero-order valence-corrected chi connectivity index (χ0v) is 10.7. The van der Waals surface area contributed by atoms with Crippen LogP contribution in [0.4, 0.5) is 0 Å². The van der Waals surface area contributed by atoms with Crippen molar-refractivity contribution in [3.63, 3.8) is 0 Å². The second kappa shape index (κ2) is 6.33. The summed E-state index contributed by atoms with van der Waals surface area (Å²) in [5.41, 5.74) is 1.80. The molecule has 0 N–H and O–H groups in total. The Bertz CT molecular complexity index is 503. The molecule has 0 aliphatic carbocycles. The number of nitrogens with zero attached hydrogens (tertiary/aromatic N) is 2. The molecule has 0 saturated heterocycles. The minimum absolute atomic E-state index is 0.362. The molecule has 2 rings (SSSR count). The quantitative estimate of drug-likeness (QED) is 0.833. The SMILES string of the molecule is COCc1cccc(OCc2ccc(Cl)nn2)c1. The average molecular weight is 265 g/mol. The van der Waals surface area contributed by atoms with Crippen LogP contribution in [0.2, 0.25) is 5.15 Å². The lowest BCUT2D eigenvalue weighted by Crippen LogP contribution is -2.00. The van der Waals surface area contributed by atoms with E-state index in [1.165, 1.54) is 0 Å². The van der Waals surface area contributed by atoms with E-state index >= 15 is 0 Å². The van der Waals surface area contributed by atoms with Gasteiger partial charge in [0.2, 0.25) is 0 Å². The molecule has 2 aromatic rings. The number of halogens is 1. The number of benzene rings is 1. The molecule has 0 saturated carbocycles. The van der Waals surface area contributed by atoms with Gasteiger partial charge in [-0.05, 0) is 29.8 Å². The first-order valence-corrected chi connectivity index (χ1v) is 5.84. The first-order chi connectivity index (χ1) is 8.78. The predicted molar refractivity (Wildman–Crippen MR) is 68.5 cm³/mol. The minimum atomic E-state index is 0.362. The van der Waals surface area contributed by atoms with Gasteiger partial charge < -0.3 is 9.47 Å². The summed E-state index contributed by atoms with van der Waals surface area (Å²) >= 11 is 5.66. The maximum Gasteiger partial charge on any atom is 0.151 e. The topological polar surface area (TPSA) is 44.2 Å². The van der Waals surface area contributed by atoms with Crippen molar-refractivity contribution in [2.75, 3.05) is 7.11 Å². The predicted octanol–water partition coefficient (Wildman–Crippen LogP) is 2.86. The molecule has 18 heavy (non-hydrogen) atoms. The van der Waals surface area contributed by atoms with Crippen LogP contribution in [0.5, 0.6) is 5.75 Å². The molecule has 4 nitrogen and oxygen atoms in total. The van der Waals surface area contributed by atoms with Gasteiger partial charge in [0.25, 0.3) is 0 Å². The van der Waals surface area contributed by atoms with Gasteiger partial charge >= 0.3 is 0 Å². The lowest BCUT2D eigenvalue weighted by molar-refractivity contribution is 0.184. The Morgan fingerprint density at radius 2 is 2.00 bits per heavy atom. The normalized spacial score (nSPS) is 10.3. The molecule has 0 amide bonds. The largest absolute Gasteiger partial charge is 0.487 e. The molecule has 0 atom stereocenters. The van der Waals surface area contributed by atoms with Gasteiger partial charge in [0.1, 0.15) is 18.1 Å². The van der Waals surface area contributed by atoms with E-state index in [0.29, 0.717) is 18.4 Å². The van der Waals surface area contributed by atoms with Crippen LogP contribution >= 0.6 is 11.6 Å². The maximum absolute atomic E-state index is 5.66. The fraction of sp³-hybridized carbons (Fsp3) is 0.231. The summed E-state index contributed by atoms with van der Waals surface area (Å²) in [4.78, 5) is 0. The molecule has 0 bridgehead atoms. The molecular formula is C13H13ClN2O2. The maximum atomic E-state index is 5.66. The Morgan fingerprint density at radius 3 is 2.72 bits per heavy atom. The van der Waals surface area contributed by atoms with Gasteiger partial charge in [-0.2, -0.15) is 5.10 Å². The third kappa shape index (κ3) is 3.68. The van der Waals surface area contributed by atoms with E-state index in [2.05, 4.69) is 10.2 Å². The van der Waals surface area contributed by atoms with Gasteiger partial charge in [-0.1, -0.05) is 23.7 Å². The highest BCUT2D eigenvalue weighted by Crippen LogP contribution is 2.15. The van der Waals surface area contributed by atoms with E-state index in [-0.39, 0.29) is 0 Å². The van der Waals surface area contributed by atoms with Crippen LogP contribution in [-0.4, -0.2) is 17.3 Å². The van der Waals surface area contributed by atoms with E-state index in [1.807, 2.05) is 24.3 Å². The van der Waals surface area contributed by atoms with Gasteiger partial charge in [-0.15, -0.1) is 5.10 Å². The van der Waals surface area contributed by atoms with Crippen molar-refractivity contribution in [2.24, 2.45) is 0 Å². The van der Waals surface area contributed by atoms with Crippen molar-refractivity contribution in [1.29, 1.82) is 0 Å². The number of hydrogen-bond donors (Lipinski definition) is 0. The summed E-state index contributed by atoms with van der Waals surface area (Å²) < 4.78 is 10.7. The molecule has 0 aliphatic heterocycles. The Labute approximate surface area is 111 Å². The molecule has 94 valence electrons. The second-order valence-corrected chi connectivity index (χ2v) is 4.10. The Balaban J connectivity index is 1.97. The Morgan fingerprint density at radius 1 is 1.11 bits per heavy atom. The summed E-state index contributed by atoms with van der Waals surface area (Å²) in [7, 11) is 1.66. The van der Waals surface area contributed by atoms with Gasteiger partial charge in [0.15, 0.2) is 5.15 Å². The van der Waals surface area contributed by atoms with Crippen molar-refractivity contribution in [2.45, 2.75) is 13.2 Å². The first-order valence-electron chi connectivity index (χ1n) is 5.47. The fourth-order valence-corrected chi connectivity index (χ4v) is 1.57. The van der Waals surface area contributed by atoms with Crippen molar-refractivity contribution < 1.29 is 9.47 Å². The van der Waals surface area contributed by atoms with Gasteiger partial charge in [-0.3, -0.25) is 0 Å². The standard InChI is InChI=1S/C13H13ClN2O2/c1-17-8-10-3-2-4-12(7-10)18-9-11-5-6-13(14)16-15-11/h2-7H,8-9H2,1H3. The fourth-order valence-electron chi connectivity index (χ4n) is 1.47. The van der Waals surface area contributed by atoms with E-state index in [9.17, 15) is 0 Å². The van der Waals surface area contributed by atoms with Crippen LogP contribution in [0, 0.1) is 0 Å². The summed E-state index contributed by atoms with van der Waals surface area (Å²) in [5, 5.41) is 8.05. The lowest BCUT2D eigenvalue weighted by Gasteiger charge is -2.07. The van der Waals surface area contributed by atoms with Crippen molar-refractivity contribution in [1.82, 2.24) is 10.2 Å². The molecular weight excluding hydrogens is 252 g/mol. The molecule has 0 unspecified atom stereocenters. The summed E-state index contributed by atoms with van der Waals surface area (Å²) in [6, 6.07) is 11.2. The van der Waals surface area contributed by atoms with Gasteiger partial charge in [-0.25, -0.2) is 0 Å². The minimum Gasteiger partial charge on any atom is -0.487 e. The molecule has 0 aliphatic rings. The van der Waals surface area contributed by atoms with Crippen LogP contribution in [0.15, 0.2) is 36.4 Å². The van der Waals surface area contributed by atoms with Crippen LogP contribution in [0.25, 0.3) is 0 Å². The number of ether oxygens (including phenoxy) is 2. The summed E-state index contributed by atoms with van der Waals surface area (Å²) in [6.45, 7) is 0.929.